The van der Waals surface area contributed by atoms with Gasteiger partial charge in [0.2, 0.25) is 5.91 Å². The van der Waals surface area contributed by atoms with E-state index in [9.17, 15) is 4.79 Å². The number of nitrogens with zero attached hydrogens (tertiary/aromatic N) is 2. The maximum Gasteiger partial charge on any atom is 0.236 e. The Hall–Kier alpha value is -3.02. The van der Waals surface area contributed by atoms with Gasteiger partial charge in [-0.15, -0.1) is 0 Å². The van der Waals surface area contributed by atoms with Crippen LogP contribution in [0.4, 0.5) is 0 Å². The molecule has 1 amide bonds. The highest BCUT2D eigenvalue weighted by Gasteiger charge is 2.31. The predicted molar refractivity (Wildman–Crippen MR) is 122 cm³/mol. The van der Waals surface area contributed by atoms with Gasteiger partial charge in [0.25, 0.3) is 0 Å². The number of hydrogen-bond donors (Lipinski definition) is 2. The molecule has 0 spiro atoms. The Labute approximate surface area is 182 Å². The van der Waals surface area contributed by atoms with Gasteiger partial charge in [-0.3, -0.25) is 4.79 Å². The van der Waals surface area contributed by atoms with E-state index in [1.165, 1.54) is 5.56 Å². The van der Waals surface area contributed by atoms with Gasteiger partial charge < -0.3 is 20.4 Å². The molecular weight excluding hydrogens is 396 g/mol. The molecule has 0 radical (unpaired) electrons. The first-order valence-electron chi connectivity index (χ1n) is 9.93. The van der Waals surface area contributed by atoms with Gasteiger partial charge in [0, 0.05) is 31.9 Å². The molecule has 0 saturated heterocycles. The van der Waals surface area contributed by atoms with Gasteiger partial charge >= 0.3 is 0 Å². The molecule has 2 aromatic rings. The van der Waals surface area contributed by atoms with Gasteiger partial charge in [0.05, 0.1) is 17.9 Å². The van der Waals surface area contributed by atoms with E-state index in [-0.39, 0.29) is 18.6 Å². The summed E-state index contributed by atoms with van der Waals surface area (Å²) < 4.78 is 0. The normalized spacial score (nSPS) is 17.5. The van der Waals surface area contributed by atoms with Crippen LogP contribution in [-0.2, 0) is 4.79 Å². The van der Waals surface area contributed by atoms with E-state index in [0.717, 1.165) is 22.5 Å². The first-order valence-corrected chi connectivity index (χ1v) is 10.3. The first kappa shape index (κ1) is 20.3. The van der Waals surface area contributed by atoms with Crippen molar-refractivity contribution >= 4 is 28.8 Å². The predicted octanol–water partition coefficient (Wildman–Crippen LogP) is 3.53. The number of carbonyl (C=O) groups is 1. The highest BCUT2D eigenvalue weighted by Crippen LogP contribution is 2.33. The fourth-order valence-electron chi connectivity index (χ4n) is 3.58. The first-order chi connectivity index (χ1) is 14.5. The van der Waals surface area contributed by atoms with Crippen LogP contribution in [0.2, 0.25) is 5.02 Å². The summed E-state index contributed by atoms with van der Waals surface area (Å²) >= 11 is 6.09. The summed E-state index contributed by atoms with van der Waals surface area (Å²) in [7, 11) is 3.53. The minimum atomic E-state index is 0.0319. The minimum absolute atomic E-state index is 0.0319. The molecule has 2 heterocycles. The monoisotopic (exact) mass is 420 g/mol. The molecular formula is C24H25ClN4O. The topological polar surface area (TPSA) is 47.6 Å². The van der Waals surface area contributed by atoms with Gasteiger partial charge in [0.1, 0.15) is 6.17 Å². The Bertz CT molecular complexity index is 1010. The minimum Gasteiger partial charge on any atom is -0.360 e. The number of amides is 1. The number of carbonyl (C=O) groups excluding carboxylic acids is 1. The van der Waals surface area contributed by atoms with Crippen LogP contribution in [0.25, 0.3) is 11.3 Å². The van der Waals surface area contributed by atoms with Crippen molar-refractivity contribution in [1.29, 1.82) is 0 Å². The lowest BCUT2D eigenvalue weighted by molar-refractivity contribution is -0.127. The SMILES string of the molecule is CN(C)C(=O)CNCC1=C(c2ccc(Cl)cc2)NC2C=CC(c3ccccc3)=CN12. The van der Waals surface area contributed by atoms with Crippen LogP contribution in [0.1, 0.15) is 11.1 Å². The number of allylic oxidation sites excluding steroid dienone is 2. The fraction of sp³-hybridized carbons (Fsp3) is 0.208. The molecule has 2 N–H and O–H groups in total. The average Bonchev–Trinajstić information content (AvgIpc) is 3.12. The second kappa shape index (κ2) is 8.78. The third kappa shape index (κ3) is 4.27. The second-order valence-corrected chi connectivity index (χ2v) is 7.96. The van der Waals surface area contributed by atoms with Gasteiger partial charge in [0.15, 0.2) is 0 Å². The van der Waals surface area contributed by atoms with Gasteiger partial charge in [-0.1, -0.05) is 60.1 Å². The summed E-state index contributed by atoms with van der Waals surface area (Å²) in [5.41, 5.74) is 5.51. The van der Waals surface area contributed by atoms with Crippen molar-refractivity contribution in [1.82, 2.24) is 20.4 Å². The van der Waals surface area contributed by atoms with Crippen LogP contribution in [0.3, 0.4) is 0 Å². The largest absolute Gasteiger partial charge is 0.360 e. The molecule has 0 bridgehead atoms. The van der Waals surface area contributed by atoms with Crippen LogP contribution < -0.4 is 10.6 Å². The van der Waals surface area contributed by atoms with Gasteiger partial charge in [-0.25, -0.2) is 0 Å². The number of hydrogen-bond acceptors (Lipinski definition) is 4. The molecule has 0 aliphatic carbocycles. The summed E-state index contributed by atoms with van der Waals surface area (Å²) in [4.78, 5) is 15.8. The maximum atomic E-state index is 12.0. The smallest absolute Gasteiger partial charge is 0.236 e. The van der Waals surface area contributed by atoms with Gasteiger partial charge in [-0.2, -0.15) is 0 Å². The average molecular weight is 421 g/mol. The zero-order chi connectivity index (χ0) is 21.1. The molecule has 0 aromatic heterocycles. The third-order valence-electron chi connectivity index (χ3n) is 5.24. The van der Waals surface area contributed by atoms with E-state index in [4.69, 9.17) is 11.6 Å². The molecule has 2 aromatic carbocycles. The van der Waals surface area contributed by atoms with Crippen molar-refractivity contribution in [3.8, 4) is 0 Å². The van der Waals surface area contributed by atoms with E-state index in [1.807, 2.05) is 42.5 Å². The molecule has 30 heavy (non-hydrogen) atoms. The Kier molecular flexibility index (Phi) is 5.93. The Morgan fingerprint density at radius 2 is 1.83 bits per heavy atom. The van der Waals surface area contributed by atoms with E-state index in [0.29, 0.717) is 11.6 Å². The zero-order valence-electron chi connectivity index (χ0n) is 17.1. The Morgan fingerprint density at radius 3 is 2.53 bits per heavy atom. The number of nitrogens with one attached hydrogen (secondary N) is 2. The molecule has 0 fully saturated rings. The number of halogens is 1. The quantitative estimate of drug-likeness (QED) is 0.750. The lowest BCUT2D eigenvalue weighted by atomic mass is 10.0. The molecule has 1 atom stereocenters. The molecule has 6 heteroatoms. The van der Waals surface area contributed by atoms with E-state index in [1.54, 1.807) is 19.0 Å². The number of likely N-dealkylation sites (N-methyl/N-ethyl adjacent to an activating group) is 1. The van der Waals surface area contributed by atoms with E-state index >= 15 is 0 Å². The number of benzene rings is 2. The molecule has 5 nitrogen and oxygen atoms in total. The van der Waals surface area contributed by atoms with Crippen molar-refractivity contribution in [2.24, 2.45) is 0 Å². The molecule has 2 aliphatic rings. The van der Waals surface area contributed by atoms with E-state index < -0.39 is 0 Å². The Balaban J connectivity index is 1.65. The zero-order valence-corrected chi connectivity index (χ0v) is 17.9. The van der Waals surface area contributed by atoms with Crippen LogP contribution >= 0.6 is 11.6 Å². The molecule has 0 saturated carbocycles. The summed E-state index contributed by atoms with van der Waals surface area (Å²) in [6.07, 6.45) is 6.51. The summed E-state index contributed by atoms with van der Waals surface area (Å²) in [5, 5.41) is 7.61. The van der Waals surface area contributed by atoms with Crippen molar-refractivity contribution in [3.05, 3.63) is 94.8 Å². The second-order valence-electron chi connectivity index (χ2n) is 7.53. The summed E-state index contributed by atoms with van der Waals surface area (Å²) in [6, 6.07) is 18.1. The van der Waals surface area contributed by atoms with Crippen LogP contribution in [0, 0.1) is 0 Å². The number of rotatable bonds is 6. The van der Waals surface area contributed by atoms with Crippen molar-refractivity contribution in [3.63, 3.8) is 0 Å². The van der Waals surface area contributed by atoms with Crippen LogP contribution in [0.5, 0.6) is 0 Å². The molecule has 1 unspecified atom stereocenters. The van der Waals surface area contributed by atoms with Crippen molar-refractivity contribution in [2.45, 2.75) is 6.17 Å². The summed E-state index contributed by atoms with van der Waals surface area (Å²) in [6.45, 7) is 0.849. The standard InChI is InChI=1S/C24H25ClN4O/c1-28(2)23(30)15-26-14-21-24(18-8-11-20(25)12-9-18)27-22-13-10-19(16-29(21)22)17-6-4-3-5-7-17/h3-13,16,22,26-27H,14-15H2,1-2H3. The van der Waals surface area contributed by atoms with E-state index in [2.05, 4.69) is 46.0 Å². The van der Waals surface area contributed by atoms with Crippen LogP contribution in [-0.4, -0.2) is 49.1 Å². The Morgan fingerprint density at radius 1 is 1.10 bits per heavy atom. The highest BCUT2D eigenvalue weighted by atomic mass is 35.5. The molecule has 154 valence electrons. The maximum absolute atomic E-state index is 12.0. The lowest BCUT2D eigenvalue weighted by Gasteiger charge is -2.28. The number of fused-ring (bicyclic) bond motifs is 1. The molecule has 2 aliphatic heterocycles. The lowest BCUT2D eigenvalue weighted by Crippen LogP contribution is -2.38. The summed E-state index contributed by atoms with van der Waals surface area (Å²) in [5.74, 6) is 0.0465. The fourth-order valence-corrected chi connectivity index (χ4v) is 3.70. The highest BCUT2D eigenvalue weighted by molar-refractivity contribution is 6.30. The van der Waals surface area contributed by atoms with Crippen molar-refractivity contribution in [2.75, 3.05) is 27.2 Å². The molecule has 4 rings (SSSR count). The van der Waals surface area contributed by atoms with Crippen LogP contribution in [0.15, 0.2) is 78.6 Å². The van der Waals surface area contributed by atoms with Crippen molar-refractivity contribution < 1.29 is 4.79 Å². The third-order valence-corrected chi connectivity index (χ3v) is 5.49. The van der Waals surface area contributed by atoms with Gasteiger partial charge in [-0.05, 0) is 34.9 Å².